The Bertz CT molecular complexity index is 355. The van der Waals surface area contributed by atoms with Gasteiger partial charge in [0.2, 0.25) is 0 Å². The molecule has 0 aromatic heterocycles. The maximum absolute atomic E-state index is 5.84. The van der Waals surface area contributed by atoms with Gasteiger partial charge in [0.15, 0.2) is 0 Å². The smallest absolute Gasteiger partial charge is 0.148 e. The van der Waals surface area contributed by atoms with Crippen LogP contribution in [0.2, 0.25) is 5.02 Å². The van der Waals surface area contributed by atoms with Gasteiger partial charge in [-0.05, 0) is 25.1 Å². The lowest BCUT2D eigenvalue weighted by atomic mass is 10.1. The summed E-state index contributed by atoms with van der Waals surface area (Å²) >= 11 is 5.84. The van der Waals surface area contributed by atoms with E-state index in [0.717, 1.165) is 5.56 Å². The van der Waals surface area contributed by atoms with Crippen molar-refractivity contribution in [2.45, 2.75) is 13.0 Å². The summed E-state index contributed by atoms with van der Waals surface area (Å²) in [5.41, 5.74) is 6.63. The molecule has 0 saturated heterocycles. The summed E-state index contributed by atoms with van der Waals surface area (Å²) in [5.74, 6) is 3.10. The predicted molar refractivity (Wildman–Crippen MR) is 58.4 cm³/mol. The van der Waals surface area contributed by atoms with Crippen LogP contribution in [-0.2, 0) is 0 Å². The minimum Gasteiger partial charge on any atom is -0.481 e. The average molecular weight is 210 g/mol. The van der Waals surface area contributed by atoms with Crippen LogP contribution in [0.3, 0.4) is 0 Å². The number of benzene rings is 1. The molecule has 1 atom stereocenters. The molecule has 2 N–H and O–H groups in total. The van der Waals surface area contributed by atoms with Crippen molar-refractivity contribution < 1.29 is 4.74 Å². The molecule has 14 heavy (non-hydrogen) atoms. The minimum absolute atomic E-state index is 0.124. The van der Waals surface area contributed by atoms with Crippen LogP contribution in [0.1, 0.15) is 18.5 Å². The first-order chi connectivity index (χ1) is 6.65. The quantitative estimate of drug-likeness (QED) is 0.776. The molecule has 0 aliphatic rings. The summed E-state index contributed by atoms with van der Waals surface area (Å²) in [6.45, 7) is 2.11. The largest absolute Gasteiger partial charge is 0.481 e. The van der Waals surface area contributed by atoms with Crippen LogP contribution in [0.4, 0.5) is 0 Å². The number of nitrogens with two attached hydrogens (primary N) is 1. The van der Waals surface area contributed by atoms with Crippen molar-refractivity contribution in [3.63, 3.8) is 0 Å². The second-order valence-corrected chi connectivity index (χ2v) is 3.40. The van der Waals surface area contributed by atoms with Gasteiger partial charge in [-0.3, -0.25) is 0 Å². The van der Waals surface area contributed by atoms with Gasteiger partial charge in [-0.25, -0.2) is 0 Å². The molecule has 3 heteroatoms. The fourth-order valence-corrected chi connectivity index (χ4v) is 1.31. The van der Waals surface area contributed by atoms with Crippen LogP contribution in [0.5, 0.6) is 5.75 Å². The minimum atomic E-state index is -0.124. The summed E-state index contributed by atoms with van der Waals surface area (Å²) in [7, 11) is 0. The number of hydrogen-bond donors (Lipinski definition) is 1. The zero-order valence-electron chi connectivity index (χ0n) is 7.96. The molecule has 74 valence electrons. The van der Waals surface area contributed by atoms with Crippen molar-refractivity contribution in [3.8, 4) is 18.1 Å². The summed E-state index contributed by atoms with van der Waals surface area (Å²) < 4.78 is 5.33. The highest BCUT2D eigenvalue weighted by Gasteiger charge is 2.08. The van der Waals surface area contributed by atoms with Crippen molar-refractivity contribution in [1.82, 2.24) is 0 Å². The van der Waals surface area contributed by atoms with Gasteiger partial charge in [0.25, 0.3) is 0 Å². The van der Waals surface area contributed by atoms with E-state index < -0.39 is 0 Å². The van der Waals surface area contributed by atoms with E-state index >= 15 is 0 Å². The number of terminal acetylenes is 1. The summed E-state index contributed by atoms with van der Waals surface area (Å²) in [5, 5.41) is 0.644. The number of rotatable bonds is 3. The number of ether oxygens (including phenoxy) is 1. The van der Waals surface area contributed by atoms with Gasteiger partial charge >= 0.3 is 0 Å². The van der Waals surface area contributed by atoms with Gasteiger partial charge in [-0.15, -0.1) is 6.42 Å². The van der Waals surface area contributed by atoms with Gasteiger partial charge in [0.05, 0.1) is 0 Å². The molecule has 0 heterocycles. The van der Waals surface area contributed by atoms with E-state index in [1.54, 1.807) is 18.2 Å². The summed E-state index contributed by atoms with van der Waals surface area (Å²) in [6, 6.07) is 5.19. The van der Waals surface area contributed by atoms with Crippen molar-refractivity contribution in [2.75, 3.05) is 6.61 Å². The second-order valence-electron chi connectivity index (χ2n) is 2.96. The SMILES string of the molecule is C#CCOc1ccc(Cl)cc1[C@H](C)N. The Balaban J connectivity index is 2.97. The maximum atomic E-state index is 5.84. The zero-order valence-corrected chi connectivity index (χ0v) is 8.71. The molecule has 0 saturated carbocycles. The van der Waals surface area contributed by atoms with Crippen LogP contribution in [0.15, 0.2) is 18.2 Å². The normalized spacial score (nSPS) is 11.9. The Labute approximate surface area is 89.0 Å². The summed E-state index contributed by atoms with van der Waals surface area (Å²) in [6.07, 6.45) is 5.10. The average Bonchev–Trinajstić information content (AvgIpc) is 2.15. The van der Waals surface area contributed by atoms with Crippen LogP contribution in [0, 0.1) is 12.3 Å². The number of hydrogen-bond acceptors (Lipinski definition) is 2. The van der Waals surface area contributed by atoms with Crippen LogP contribution in [0.25, 0.3) is 0 Å². The lowest BCUT2D eigenvalue weighted by Crippen LogP contribution is -2.08. The maximum Gasteiger partial charge on any atom is 0.148 e. The standard InChI is InChI=1S/C11H12ClNO/c1-3-6-14-11-5-4-9(12)7-10(11)8(2)13/h1,4-5,7-8H,6,13H2,2H3/t8-/m0/s1. The highest BCUT2D eigenvalue weighted by atomic mass is 35.5. The molecule has 2 nitrogen and oxygen atoms in total. The Hall–Kier alpha value is -1.17. The molecule has 0 bridgehead atoms. The Morgan fingerprint density at radius 2 is 2.36 bits per heavy atom. The highest BCUT2D eigenvalue weighted by molar-refractivity contribution is 6.30. The predicted octanol–water partition coefficient (Wildman–Crippen LogP) is 2.37. The highest BCUT2D eigenvalue weighted by Crippen LogP contribution is 2.26. The molecule has 0 spiro atoms. The number of halogens is 1. The van der Waals surface area contributed by atoms with Crippen molar-refractivity contribution in [1.29, 1.82) is 0 Å². The molecular formula is C11H12ClNO. The fraction of sp³-hybridized carbons (Fsp3) is 0.273. The molecule has 1 rings (SSSR count). The van der Waals surface area contributed by atoms with Gasteiger partial charge in [0.1, 0.15) is 12.4 Å². The third kappa shape index (κ3) is 2.66. The Kier molecular flexibility index (Phi) is 3.82. The molecule has 0 unspecified atom stereocenters. The van der Waals surface area contributed by atoms with E-state index in [2.05, 4.69) is 5.92 Å². The molecule has 0 radical (unpaired) electrons. The van der Waals surface area contributed by atoms with Gasteiger partial charge < -0.3 is 10.5 Å². The van der Waals surface area contributed by atoms with Crippen molar-refractivity contribution >= 4 is 11.6 Å². The molecule has 0 amide bonds. The second kappa shape index (κ2) is 4.90. The van der Waals surface area contributed by atoms with E-state index in [4.69, 9.17) is 28.5 Å². The lowest BCUT2D eigenvalue weighted by molar-refractivity contribution is 0.364. The third-order valence-corrected chi connectivity index (χ3v) is 2.01. The molecule has 0 aliphatic carbocycles. The first-order valence-electron chi connectivity index (χ1n) is 4.26. The molecular weight excluding hydrogens is 198 g/mol. The molecule has 1 aromatic carbocycles. The summed E-state index contributed by atoms with van der Waals surface area (Å²) in [4.78, 5) is 0. The molecule has 0 aliphatic heterocycles. The first kappa shape index (κ1) is 10.9. The van der Waals surface area contributed by atoms with Gasteiger partial charge in [0, 0.05) is 16.6 Å². The van der Waals surface area contributed by atoms with E-state index in [1.807, 2.05) is 6.92 Å². The van der Waals surface area contributed by atoms with E-state index in [9.17, 15) is 0 Å². The van der Waals surface area contributed by atoms with Crippen molar-refractivity contribution in [2.24, 2.45) is 5.73 Å². The molecule has 0 fully saturated rings. The van der Waals surface area contributed by atoms with Crippen LogP contribution < -0.4 is 10.5 Å². The third-order valence-electron chi connectivity index (χ3n) is 1.77. The van der Waals surface area contributed by atoms with Gasteiger partial charge in [-0.1, -0.05) is 17.5 Å². The van der Waals surface area contributed by atoms with E-state index in [0.29, 0.717) is 10.8 Å². The monoisotopic (exact) mass is 209 g/mol. The zero-order chi connectivity index (χ0) is 10.6. The topological polar surface area (TPSA) is 35.2 Å². The van der Waals surface area contributed by atoms with Crippen LogP contribution in [-0.4, -0.2) is 6.61 Å². The van der Waals surface area contributed by atoms with E-state index in [1.165, 1.54) is 0 Å². The fourth-order valence-electron chi connectivity index (χ4n) is 1.13. The lowest BCUT2D eigenvalue weighted by Gasteiger charge is -2.12. The van der Waals surface area contributed by atoms with E-state index in [-0.39, 0.29) is 12.6 Å². The Morgan fingerprint density at radius 1 is 1.64 bits per heavy atom. The first-order valence-corrected chi connectivity index (χ1v) is 4.64. The Morgan fingerprint density at radius 3 is 2.93 bits per heavy atom. The molecule has 1 aromatic rings. The van der Waals surface area contributed by atoms with Crippen LogP contribution >= 0.6 is 11.6 Å². The van der Waals surface area contributed by atoms with Gasteiger partial charge in [-0.2, -0.15) is 0 Å². The van der Waals surface area contributed by atoms with Crippen molar-refractivity contribution in [3.05, 3.63) is 28.8 Å².